The van der Waals surface area contributed by atoms with Gasteiger partial charge in [-0.05, 0) is 23.8 Å². The van der Waals surface area contributed by atoms with Crippen molar-refractivity contribution in [3.8, 4) is 5.75 Å². The van der Waals surface area contributed by atoms with Crippen molar-refractivity contribution in [2.24, 2.45) is 21.1 Å². The number of nitrogens with zero attached hydrogens (tertiary/aromatic N) is 3. The minimum Gasteiger partial charge on any atom is -0.504 e. The third-order valence-corrected chi connectivity index (χ3v) is 8.77. The number of aliphatic imine (C=N–C) groups is 2. The Hall–Kier alpha value is -2.08. The topological polar surface area (TPSA) is 120 Å². The molecule has 0 saturated heterocycles. The summed E-state index contributed by atoms with van der Waals surface area (Å²) in [6, 6.07) is 9.54. The van der Waals surface area contributed by atoms with E-state index >= 15 is 0 Å². The molecule has 11 heteroatoms. The van der Waals surface area contributed by atoms with Crippen LogP contribution in [0.3, 0.4) is 0 Å². The third kappa shape index (κ3) is 5.28. The molecule has 0 unspecified atom stereocenters. The maximum Gasteiger partial charge on any atom is 0.256 e. The summed E-state index contributed by atoms with van der Waals surface area (Å²) in [7, 11) is -2.27. The Kier molecular flexibility index (Phi) is 7.23. The number of nitrogens with one attached hydrogen (secondary N) is 1. The molecule has 1 aliphatic carbocycles. The van der Waals surface area contributed by atoms with Crippen molar-refractivity contribution in [1.29, 1.82) is 0 Å². The quantitative estimate of drug-likeness (QED) is 0.276. The normalized spacial score (nSPS) is 16.9. The second-order valence-electron chi connectivity index (χ2n) is 8.78. The number of rotatable bonds is 6. The SMILES string of the molecule is CN(C1CC1)S(=O)(=O)c1scc(N=C(N)C(=N[C@@H](c2ccccc2)C(C)(C)C)NS)c1O. The summed E-state index contributed by atoms with van der Waals surface area (Å²) in [5.41, 5.74) is 7.02. The van der Waals surface area contributed by atoms with Gasteiger partial charge in [-0.15, -0.1) is 11.3 Å². The van der Waals surface area contributed by atoms with E-state index in [1.54, 1.807) is 0 Å². The zero-order chi connectivity index (χ0) is 23.7. The first-order chi connectivity index (χ1) is 15.0. The van der Waals surface area contributed by atoms with Crippen molar-refractivity contribution in [3.63, 3.8) is 0 Å². The van der Waals surface area contributed by atoms with Gasteiger partial charge >= 0.3 is 0 Å². The fourth-order valence-corrected chi connectivity index (χ4v) is 6.19. The Morgan fingerprint density at radius 2 is 1.94 bits per heavy atom. The molecule has 32 heavy (non-hydrogen) atoms. The van der Waals surface area contributed by atoms with Crippen molar-refractivity contribution in [2.45, 2.75) is 49.9 Å². The molecule has 1 aromatic carbocycles. The molecular weight excluding hydrogens is 466 g/mol. The minimum absolute atomic E-state index is 0.0158. The van der Waals surface area contributed by atoms with Crippen LogP contribution >= 0.6 is 24.2 Å². The molecule has 0 amide bonds. The summed E-state index contributed by atoms with van der Waals surface area (Å²) in [6.07, 6.45) is 1.65. The van der Waals surface area contributed by atoms with Gasteiger partial charge in [-0.2, -0.15) is 4.31 Å². The van der Waals surface area contributed by atoms with Crippen LogP contribution < -0.4 is 10.5 Å². The van der Waals surface area contributed by atoms with Gasteiger partial charge in [0.1, 0.15) is 5.69 Å². The minimum atomic E-state index is -3.79. The Balaban J connectivity index is 1.95. The Bertz CT molecular complexity index is 1120. The van der Waals surface area contributed by atoms with Crippen LogP contribution in [0.1, 0.15) is 45.2 Å². The van der Waals surface area contributed by atoms with Crippen LogP contribution in [0.2, 0.25) is 0 Å². The lowest BCUT2D eigenvalue weighted by Crippen LogP contribution is -2.33. The summed E-state index contributed by atoms with van der Waals surface area (Å²) in [5.74, 6) is -0.209. The fraction of sp³-hybridized carbons (Fsp3) is 0.429. The molecule has 0 bridgehead atoms. The van der Waals surface area contributed by atoms with Crippen LogP contribution in [0.15, 0.2) is 49.9 Å². The Labute approximate surface area is 198 Å². The number of sulfonamides is 1. The van der Waals surface area contributed by atoms with Crippen LogP contribution in [0.5, 0.6) is 5.75 Å². The number of nitrogens with two attached hydrogens (primary N) is 1. The second kappa shape index (κ2) is 9.42. The maximum atomic E-state index is 12.8. The molecule has 2 aromatic rings. The Morgan fingerprint density at radius 3 is 2.47 bits per heavy atom. The van der Waals surface area contributed by atoms with E-state index in [-0.39, 0.29) is 39.1 Å². The molecule has 1 atom stereocenters. The van der Waals surface area contributed by atoms with E-state index in [4.69, 9.17) is 10.7 Å². The van der Waals surface area contributed by atoms with Gasteiger partial charge in [0.15, 0.2) is 21.6 Å². The highest BCUT2D eigenvalue weighted by molar-refractivity contribution is 7.91. The molecule has 1 saturated carbocycles. The summed E-state index contributed by atoms with van der Waals surface area (Å²) in [4.78, 5) is 8.99. The van der Waals surface area contributed by atoms with E-state index in [2.05, 4.69) is 43.3 Å². The lowest BCUT2D eigenvalue weighted by atomic mass is 9.83. The van der Waals surface area contributed by atoms with E-state index in [0.717, 1.165) is 29.7 Å². The molecule has 8 nitrogen and oxygen atoms in total. The number of hydrogen-bond acceptors (Lipinski definition) is 7. The highest BCUT2D eigenvalue weighted by Gasteiger charge is 2.37. The summed E-state index contributed by atoms with van der Waals surface area (Å²) in [6.45, 7) is 6.20. The second-order valence-corrected chi connectivity index (χ2v) is 12.1. The van der Waals surface area contributed by atoms with E-state index in [1.165, 1.54) is 16.7 Å². The number of thiol groups is 1. The fourth-order valence-electron chi connectivity index (χ4n) is 3.22. The van der Waals surface area contributed by atoms with Gasteiger partial charge in [0.05, 0.1) is 6.04 Å². The van der Waals surface area contributed by atoms with Gasteiger partial charge in [-0.3, -0.25) is 4.99 Å². The van der Waals surface area contributed by atoms with Gasteiger partial charge in [0.25, 0.3) is 10.0 Å². The van der Waals surface area contributed by atoms with Crippen LogP contribution in [0.25, 0.3) is 0 Å². The molecule has 0 spiro atoms. The predicted molar refractivity (Wildman–Crippen MR) is 133 cm³/mol. The first kappa shape index (κ1) is 24.6. The highest BCUT2D eigenvalue weighted by atomic mass is 32.2. The smallest absolute Gasteiger partial charge is 0.256 e. The number of amidine groups is 2. The lowest BCUT2D eigenvalue weighted by Gasteiger charge is -2.28. The van der Waals surface area contributed by atoms with Crippen LogP contribution in [0, 0.1) is 5.41 Å². The van der Waals surface area contributed by atoms with Gasteiger partial charge in [0.2, 0.25) is 0 Å². The van der Waals surface area contributed by atoms with E-state index < -0.39 is 15.8 Å². The summed E-state index contributed by atoms with van der Waals surface area (Å²) >= 11 is 5.04. The molecule has 1 fully saturated rings. The Morgan fingerprint density at radius 1 is 1.31 bits per heavy atom. The van der Waals surface area contributed by atoms with Gasteiger partial charge in [-0.25, -0.2) is 13.4 Å². The number of aromatic hydroxyl groups is 1. The molecule has 0 aliphatic heterocycles. The lowest BCUT2D eigenvalue weighted by molar-refractivity contribution is 0.329. The van der Waals surface area contributed by atoms with E-state index in [9.17, 15) is 13.5 Å². The number of hydrogen-bond donors (Lipinski definition) is 4. The van der Waals surface area contributed by atoms with Crippen molar-refractivity contribution in [2.75, 3.05) is 7.05 Å². The van der Waals surface area contributed by atoms with Crippen molar-refractivity contribution < 1.29 is 13.5 Å². The number of benzene rings is 1. The van der Waals surface area contributed by atoms with Crippen LogP contribution in [-0.4, -0.2) is 42.6 Å². The van der Waals surface area contributed by atoms with Gasteiger partial charge < -0.3 is 15.6 Å². The van der Waals surface area contributed by atoms with E-state index in [0.29, 0.717) is 0 Å². The molecule has 0 radical (unpaired) electrons. The molecule has 4 N–H and O–H groups in total. The average Bonchev–Trinajstić information content (AvgIpc) is 3.51. The predicted octanol–water partition coefficient (Wildman–Crippen LogP) is 3.85. The van der Waals surface area contributed by atoms with E-state index in [1.807, 2.05) is 30.3 Å². The first-order valence-corrected chi connectivity index (χ1v) is 12.9. The highest BCUT2D eigenvalue weighted by Crippen LogP contribution is 2.43. The van der Waals surface area contributed by atoms with Crippen LogP contribution in [-0.2, 0) is 10.0 Å². The maximum absolute atomic E-state index is 12.8. The molecule has 1 heterocycles. The zero-order valence-corrected chi connectivity index (χ0v) is 21.0. The molecule has 1 aromatic heterocycles. The van der Waals surface area contributed by atoms with Crippen molar-refractivity contribution in [3.05, 3.63) is 41.3 Å². The third-order valence-electron chi connectivity index (χ3n) is 5.17. The monoisotopic (exact) mass is 495 g/mol. The van der Waals surface area contributed by atoms with Crippen molar-refractivity contribution in [1.82, 2.24) is 9.03 Å². The molecule has 174 valence electrons. The molecule has 1 aliphatic rings. The largest absolute Gasteiger partial charge is 0.504 e. The average molecular weight is 496 g/mol. The first-order valence-electron chi connectivity index (χ1n) is 10.1. The van der Waals surface area contributed by atoms with Crippen molar-refractivity contribution >= 4 is 51.5 Å². The standard InChI is InChI=1S/C21H29N5O3S3/c1-21(2,3)17(13-8-6-5-7-9-13)24-19(25-30)18(22)23-15-12-31-20(16(15)27)32(28,29)26(4)14-10-11-14/h5-9,12,14,17,27,30H,10-11H2,1-4H3,(H2,22,23)(H,24,25)/t17-/m0/s1. The number of thiophene rings is 1. The molecule has 3 rings (SSSR count). The zero-order valence-electron chi connectivity index (χ0n) is 18.5. The van der Waals surface area contributed by atoms with Gasteiger partial charge in [-0.1, -0.05) is 63.9 Å². The summed E-state index contributed by atoms with van der Waals surface area (Å²) < 4.78 is 29.4. The molecular formula is C21H29N5O3S3. The van der Waals surface area contributed by atoms with Gasteiger partial charge in [0, 0.05) is 18.5 Å². The van der Waals surface area contributed by atoms with Crippen LogP contribution in [0.4, 0.5) is 5.69 Å². The summed E-state index contributed by atoms with van der Waals surface area (Å²) in [5, 5.41) is 12.0.